The van der Waals surface area contributed by atoms with Crippen LogP contribution in [0, 0.1) is 11.5 Å². The van der Waals surface area contributed by atoms with Gasteiger partial charge in [0.15, 0.2) is 0 Å². The van der Waals surface area contributed by atoms with E-state index in [4.69, 9.17) is 5.26 Å². The van der Waals surface area contributed by atoms with E-state index in [0.29, 0.717) is 11.3 Å². The molecule has 1 rings (SSSR count). The number of benzene rings is 1. The van der Waals surface area contributed by atoms with E-state index >= 15 is 0 Å². The van der Waals surface area contributed by atoms with Gasteiger partial charge in [-0.1, -0.05) is 0 Å². The van der Waals surface area contributed by atoms with Crippen LogP contribution in [0.1, 0.15) is 10.4 Å². The molecule has 0 heterocycles. The molecule has 1 N–H and O–H groups in total. The molecule has 0 fully saturated rings. The van der Waals surface area contributed by atoms with Crippen molar-refractivity contribution in [3.63, 3.8) is 0 Å². The Kier molecular flexibility index (Phi) is 2.87. The summed E-state index contributed by atoms with van der Waals surface area (Å²) in [6.07, 6.45) is 1.55. The smallest absolute Gasteiger partial charge is 0.292 e. The van der Waals surface area contributed by atoms with E-state index in [1.54, 1.807) is 37.6 Å². The first-order chi connectivity index (χ1) is 6.27. The van der Waals surface area contributed by atoms with E-state index in [2.05, 4.69) is 10.1 Å². The number of carbonyl (C=O) groups excluding carboxylic acids is 1. The van der Waals surface area contributed by atoms with E-state index in [0.717, 1.165) is 0 Å². The molecule has 13 heavy (non-hydrogen) atoms. The lowest BCUT2D eigenvalue weighted by atomic mass is 10.2. The topological polar surface area (TPSA) is 62.1 Å². The molecule has 66 valence electrons. The fourth-order valence-electron chi connectivity index (χ4n) is 0.871. The van der Waals surface area contributed by atoms with E-state index in [-0.39, 0.29) is 5.91 Å². The Morgan fingerprint density at radius 2 is 2.08 bits per heavy atom. The summed E-state index contributed by atoms with van der Waals surface area (Å²) in [4.78, 5) is 11.1. The second kappa shape index (κ2) is 4.12. The Labute approximate surface area is 75.7 Å². The molecule has 0 atom stereocenters. The summed E-state index contributed by atoms with van der Waals surface area (Å²) in [7, 11) is 1.56. The highest BCUT2D eigenvalue weighted by atomic mass is 16.5. The van der Waals surface area contributed by atoms with Gasteiger partial charge in [-0.2, -0.15) is 0 Å². The second-order valence-electron chi connectivity index (χ2n) is 2.30. The maximum Gasteiger partial charge on any atom is 0.292 e. The molecule has 0 aliphatic rings. The molecule has 0 aliphatic carbocycles. The van der Waals surface area contributed by atoms with Crippen molar-refractivity contribution < 1.29 is 9.53 Å². The van der Waals surface area contributed by atoms with Gasteiger partial charge in [0.25, 0.3) is 12.2 Å². The van der Waals surface area contributed by atoms with Gasteiger partial charge in [0.1, 0.15) is 5.75 Å². The zero-order chi connectivity index (χ0) is 9.68. The predicted octanol–water partition coefficient (Wildman–Crippen LogP) is 0.906. The van der Waals surface area contributed by atoms with Gasteiger partial charge in [-0.15, -0.1) is 5.26 Å². The molecule has 4 heteroatoms. The van der Waals surface area contributed by atoms with Gasteiger partial charge in [0, 0.05) is 12.6 Å². The van der Waals surface area contributed by atoms with Crippen LogP contribution in [-0.4, -0.2) is 13.0 Å². The summed E-state index contributed by atoms with van der Waals surface area (Å²) in [5.74, 6) is 0.263. The third kappa shape index (κ3) is 2.20. The molecule has 1 aromatic carbocycles. The van der Waals surface area contributed by atoms with Crippen LogP contribution in [0.25, 0.3) is 0 Å². The van der Waals surface area contributed by atoms with Crippen LogP contribution in [0.2, 0.25) is 0 Å². The minimum Gasteiger partial charge on any atom is -0.388 e. The van der Waals surface area contributed by atoms with Crippen LogP contribution < -0.4 is 10.1 Å². The number of rotatable bonds is 2. The second-order valence-corrected chi connectivity index (χ2v) is 2.30. The number of carbonyl (C=O) groups is 1. The number of nitriles is 1. The molecule has 0 spiro atoms. The molecule has 0 saturated heterocycles. The van der Waals surface area contributed by atoms with Crippen LogP contribution >= 0.6 is 0 Å². The van der Waals surface area contributed by atoms with Gasteiger partial charge in [0.05, 0.1) is 0 Å². The first-order valence-electron chi connectivity index (χ1n) is 3.66. The molecule has 0 aliphatic heterocycles. The third-order valence-corrected chi connectivity index (χ3v) is 1.51. The Bertz CT molecular complexity index is 338. The van der Waals surface area contributed by atoms with Gasteiger partial charge >= 0.3 is 0 Å². The SMILES string of the molecule is CNC(=O)c1ccc(OC#N)cc1. The van der Waals surface area contributed by atoms with Crippen molar-refractivity contribution >= 4 is 5.91 Å². The standard InChI is InChI=1S/C9H8N2O2/c1-11-9(12)7-2-4-8(5-3-7)13-6-10/h2-5H,1H3,(H,11,12). The van der Waals surface area contributed by atoms with Crippen molar-refractivity contribution in [2.75, 3.05) is 7.05 Å². The average molecular weight is 176 g/mol. The van der Waals surface area contributed by atoms with Crippen LogP contribution in [0.15, 0.2) is 24.3 Å². The average Bonchev–Trinajstić information content (AvgIpc) is 2.18. The molecule has 0 aromatic heterocycles. The molecule has 0 bridgehead atoms. The highest BCUT2D eigenvalue weighted by Gasteiger charge is 2.01. The normalized spacial score (nSPS) is 8.62. The van der Waals surface area contributed by atoms with Gasteiger partial charge in [-0.05, 0) is 24.3 Å². The van der Waals surface area contributed by atoms with Crippen molar-refractivity contribution in [3.05, 3.63) is 29.8 Å². The number of nitrogens with one attached hydrogen (secondary N) is 1. The molecule has 1 amide bonds. The van der Waals surface area contributed by atoms with E-state index < -0.39 is 0 Å². The lowest BCUT2D eigenvalue weighted by molar-refractivity contribution is 0.0963. The fraction of sp³-hybridized carbons (Fsp3) is 0.111. The van der Waals surface area contributed by atoms with Gasteiger partial charge in [0.2, 0.25) is 0 Å². The lowest BCUT2D eigenvalue weighted by Crippen LogP contribution is -2.17. The summed E-state index contributed by atoms with van der Waals surface area (Å²) in [6, 6.07) is 6.30. The van der Waals surface area contributed by atoms with Crippen LogP contribution in [0.3, 0.4) is 0 Å². The molecule has 0 unspecified atom stereocenters. The van der Waals surface area contributed by atoms with Crippen molar-refractivity contribution in [2.24, 2.45) is 0 Å². The summed E-state index contributed by atoms with van der Waals surface area (Å²) < 4.78 is 4.55. The summed E-state index contributed by atoms with van der Waals surface area (Å²) >= 11 is 0. The van der Waals surface area contributed by atoms with Crippen molar-refractivity contribution in [1.29, 1.82) is 5.26 Å². The highest BCUT2D eigenvalue weighted by Crippen LogP contribution is 2.11. The maximum atomic E-state index is 11.1. The van der Waals surface area contributed by atoms with Gasteiger partial charge < -0.3 is 10.1 Å². The summed E-state index contributed by atoms with van der Waals surface area (Å²) in [6.45, 7) is 0. The first-order valence-corrected chi connectivity index (χ1v) is 3.66. The number of nitrogens with zero attached hydrogens (tertiary/aromatic N) is 1. The summed E-state index contributed by atoms with van der Waals surface area (Å²) in [5, 5.41) is 10.7. The molecular formula is C9H8N2O2. The molecule has 1 aromatic rings. The number of amides is 1. The number of hydrogen-bond donors (Lipinski definition) is 1. The molecular weight excluding hydrogens is 168 g/mol. The van der Waals surface area contributed by atoms with Gasteiger partial charge in [-0.3, -0.25) is 4.79 Å². The zero-order valence-corrected chi connectivity index (χ0v) is 7.07. The summed E-state index contributed by atoms with van der Waals surface area (Å²) in [5.41, 5.74) is 0.535. The monoisotopic (exact) mass is 176 g/mol. The highest BCUT2D eigenvalue weighted by molar-refractivity contribution is 5.94. The van der Waals surface area contributed by atoms with E-state index in [1.807, 2.05) is 0 Å². The minimum atomic E-state index is -0.163. The minimum absolute atomic E-state index is 0.163. The molecule has 0 saturated carbocycles. The van der Waals surface area contributed by atoms with E-state index in [1.165, 1.54) is 0 Å². The zero-order valence-electron chi connectivity index (χ0n) is 7.07. The largest absolute Gasteiger partial charge is 0.388 e. The van der Waals surface area contributed by atoms with Crippen molar-refractivity contribution in [1.82, 2.24) is 5.32 Å². The van der Waals surface area contributed by atoms with Gasteiger partial charge in [-0.25, -0.2) is 0 Å². The Balaban J connectivity index is 2.82. The van der Waals surface area contributed by atoms with Crippen molar-refractivity contribution in [2.45, 2.75) is 0 Å². The quantitative estimate of drug-likeness (QED) is 0.681. The van der Waals surface area contributed by atoms with Crippen LogP contribution in [0.5, 0.6) is 5.75 Å². The first kappa shape index (κ1) is 9.07. The predicted molar refractivity (Wildman–Crippen MR) is 46.1 cm³/mol. The lowest BCUT2D eigenvalue weighted by Gasteiger charge is -1.99. The van der Waals surface area contributed by atoms with Crippen molar-refractivity contribution in [3.8, 4) is 12.0 Å². The number of ether oxygens (including phenoxy) is 1. The van der Waals surface area contributed by atoms with Crippen LogP contribution in [0.4, 0.5) is 0 Å². The number of hydrogen-bond acceptors (Lipinski definition) is 3. The molecule has 0 radical (unpaired) electrons. The van der Waals surface area contributed by atoms with E-state index in [9.17, 15) is 4.79 Å². The fourth-order valence-corrected chi connectivity index (χ4v) is 0.871. The molecule has 4 nitrogen and oxygen atoms in total. The Morgan fingerprint density at radius 1 is 1.46 bits per heavy atom. The maximum absolute atomic E-state index is 11.1. The Hall–Kier alpha value is -2.02. The third-order valence-electron chi connectivity index (χ3n) is 1.51. The Morgan fingerprint density at radius 3 is 2.54 bits per heavy atom. The van der Waals surface area contributed by atoms with Crippen LogP contribution in [-0.2, 0) is 0 Å².